The van der Waals surface area contributed by atoms with E-state index in [2.05, 4.69) is 25.4 Å². The van der Waals surface area contributed by atoms with Crippen molar-refractivity contribution in [1.29, 1.82) is 0 Å². The van der Waals surface area contributed by atoms with Crippen LogP contribution in [0.5, 0.6) is 0 Å². The van der Waals surface area contributed by atoms with Crippen LogP contribution in [0.15, 0.2) is 36.8 Å². The third kappa shape index (κ3) is 4.38. The van der Waals surface area contributed by atoms with Crippen LogP contribution < -0.4 is 0 Å². The Morgan fingerprint density at radius 2 is 2.08 bits per heavy atom. The van der Waals surface area contributed by atoms with E-state index in [1.807, 2.05) is 17.9 Å². The fourth-order valence-corrected chi connectivity index (χ4v) is 6.07. The number of hydrogen-bond donors (Lipinski definition) is 1. The van der Waals surface area contributed by atoms with Gasteiger partial charge in [-0.15, -0.1) is 5.10 Å². The van der Waals surface area contributed by atoms with Gasteiger partial charge in [0.25, 0.3) is 5.91 Å². The molecule has 11 heteroatoms. The van der Waals surface area contributed by atoms with Gasteiger partial charge in [-0.05, 0) is 72.5 Å². The van der Waals surface area contributed by atoms with Gasteiger partial charge < -0.3 is 14.7 Å². The van der Waals surface area contributed by atoms with Crippen LogP contribution in [0.2, 0.25) is 0 Å². The lowest BCUT2D eigenvalue weighted by Crippen LogP contribution is -2.47. The van der Waals surface area contributed by atoms with Crippen molar-refractivity contribution >= 4 is 11.9 Å². The molecule has 2 aromatic heterocycles. The van der Waals surface area contributed by atoms with E-state index < -0.39 is 6.10 Å². The van der Waals surface area contributed by atoms with Crippen LogP contribution >= 0.6 is 0 Å². The Morgan fingerprint density at radius 3 is 2.86 bits per heavy atom. The van der Waals surface area contributed by atoms with Crippen molar-refractivity contribution in [2.45, 2.75) is 38.9 Å². The fraction of sp³-hybridized carbons (Fsp3) is 0.462. The van der Waals surface area contributed by atoms with Gasteiger partial charge in [-0.1, -0.05) is 6.07 Å². The number of aliphatic hydroxyl groups is 1. The normalized spacial score (nSPS) is 22.3. The van der Waals surface area contributed by atoms with Gasteiger partial charge in [-0.25, -0.2) is 9.78 Å². The zero-order valence-corrected chi connectivity index (χ0v) is 20.7. The Morgan fingerprint density at radius 1 is 1.19 bits per heavy atom. The largest absolute Gasteiger partial charge is 0.457 e. The molecule has 2 unspecified atom stereocenters. The predicted octanol–water partition coefficient (Wildman–Crippen LogP) is 1.70. The van der Waals surface area contributed by atoms with E-state index in [9.17, 15) is 14.7 Å². The lowest BCUT2D eigenvalue weighted by molar-refractivity contribution is 0.0503. The number of fused-ring (bicyclic) bond motifs is 1. The summed E-state index contributed by atoms with van der Waals surface area (Å²) in [5, 5.41) is 22.1. The zero-order chi connectivity index (χ0) is 25.6. The maximum atomic E-state index is 13.3. The summed E-state index contributed by atoms with van der Waals surface area (Å²) in [4.78, 5) is 33.7. The molecular formula is C26H29N7O4. The van der Waals surface area contributed by atoms with E-state index in [1.54, 1.807) is 24.4 Å². The standard InChI is InChI=1S/C26H29N7O4/c1-17-19(4-5-20-21(17)13-37-25(20)36)22(34)12-31-10-8-26(14-31)7-2-9-32(15-26)24(35)18-3-6-23(27-11-18)33-16-28-29-30-33/h3-6,11,16,22,34H,2,7-10,12-15H2,1H3. The number of β-amino-alcohol motifs (C(OH)–C–C–N with tert-alkyl or cyclic N) is 1. The Kier molecular flexibility index (Phi) is 5.96. The van der Waals surface area contributed by atoms with Crippen molar-refractivity contribution in [1.82, 2.24) is 35.0 Å². The number of pyridine rings is 1. The van der Waals surface area contributed by atoms with Crippen molar-refractivity contribution in [2.75, 3.05) is 32.7 Å². The minimum atomic E-state index is -0.651. The molecule has 2 fully saturated rings. The van der Waals surface area contributed by atoms with Crippen molar-refractivity contribution in [3.8, 4) is 5.82 Å². The Hall–Kier alpha value is -3.70. The Labute approximate surface area is 214 Å². The van der Waals surface area contributed by atoms with Crippen molar-refractivity contribution in [3.05, 3.63) is 64.6 Å². The molecule has 1 N–H and O–H groups in total. The van der Waals surface area contributed by atoms with Crippen LogP contribution in [0.4, 0.5) is 0 Å². The van der Waals surface area contributed by atoms with E-state index in [0.717, 1.165) is 55.6 Å². The molecular weight excluding hydrogens is 474 g/mol. The molecule has 0 aliphatic carbocycles. The molecule has 5 heterocycles. The molecule has 1 spiro atoms. The van der Waals surface area contributed by atoms with Gasteiger partial charge in [0.05, 0.1) is 17.2 Å². The molecule has 6 rings (SSSR count). The molecule has 3 aliphatic rings. The van der Waals surface area contributed by atoms with E-state index in [-0.39, 0.29) is 23.9 Å². The number of ether oxygens (including phenoxy) is 1. The summed E-state index contributed by atoms with van der Waals surface area (Å²) in [6, 6.07) is 7.11. The van der Waals surface area contributed by atoms with Crippen LogP contribution in [0.1, 0.15) is 62.8 Å². The number of tetrazole rings is 1. The van der Waals surface area contributed by atoms with Gasteiger partial charge in [0, 0.05) is 43.4 Å². The minimum Gasteiger partial charge on any atom is -0.457 e. The number of hydrogen-bond acceptors (Lipinski definition) is 9. The predicted molar refractivity (Wildman–Crippen MR) is 131 cm³/mol. The van der Waals surface area contributed by atoms with Crippen LogP contribution in [0, 0.1) is 12.3 Å². The molecule has 2 atom stereocenters. The summed E-state index contributed by atoms with van der Waals surface area (Å²) in [5.74, 6) is 0.245. The SMILES string of the molecule is Cc1c(C(O)CN2CCC3(CCCN(C(=O)c4ccc(-n5cnnn5)nc4)C3)C2)ccc2c1COC2=O. The number of esters is 1. The van der Waals surface area contributed by atoms with Crippen LogP contribution in [-0.4, -0.2) is 84.7 Å². The number of aliphatic hydroxyl groups excluding tert-OH is 1. The second-order valence-electron chi connectivity index (χ2n) is 10.4. The first-order valence-corrected chi connectivity index (χ1v) is 12.6. The zero-order valence-electron chi connectivity index (χ0n) is 20.7. The van der Waals surface area contributed by atoms with Crippen molar-refractivity contribution in [2.24, 2.45) is 5.41 Å². The molecule has 11 nitrogen and oxygen atoms in total. The second-order valence-corrected chi connectivity index (χ2v) is 10.4. The van der Waals surface area contributed by atoms with Crippen LogP contribution in [0.25, 0.3) is 5.82 Å². The van der Waals surface area contributed by atoms with E-state index >= 15 is 0 Å². The number of carbonyl (C=O) groups excluding carboxylic acids is 2. The number of amides is 1. The average Bonchev–Trinajstić information content (AvgIpc) is 3.66. The lowest BCUT2D eigenvalue weighted by Gasteiger charge is -2.40. The average molecular weight is 504 g/mol. The topological polar surface area (TPSA) is 127 Å². The molecule has 0 radical (unpaired) electrons. The number of carbonyl (C=O) groups is 2. The lowest BCUT2D eigenvalue weighted by atomic mass is 9.79. The molecule has 0 bridgehead atoms. The molecule has 192 valence electrons. The summed E-state index contributed by atoms with van der Waals surface area (Å²) >= 11 is 0. The molecule has 1 aromatic carbocycles. The van der Waals surface area contributed by atoms with Crippen molar-refractivity contribution < 1.29 is 19.4 Å². The Balaban J connectivity index is 1.10. The second kappa shape index (κ2) is 9.31. The number of rotatable bonds is 5. The van der Waals surface area contributed by atoms with Crippen LogP contribution in [0.3, 0.4) is 0 Å². The van der Waals surface area contributed by atoms with E-state index in [1.165, 1.54) is 11.0 Å². The number of benzene rings is 1. The highest BCUT2D eigenvalue weighted by Gasteiger charge is 2.43. The summed E-state index contributed by atoms with van der Waals surface area (Å²) in [5.41, 5.74) is 3.83. The first-order chi connectivity index (χ1) is 17.9. The number of piperidine rings is 1. The van der Waals surface area contributed by atoms with E-state index in [0.29, 0.717) is 30.0 Å². The van der Waals surface area contributed by atoms with Gasteiger partial charge in [0.15, 0.2) is 5.82 Å². The highest BCUT2D eigenvalue weighted by atomic mass is 16.5. The third-order valence-corrected chi connectivity index (χ3v) is 8.04. The van der Waals surface area contributed by atoms with Gasteiger partial charge >= 0.3 is 5.97 Å². The highest BCUT2D eigenvalue weighted by molar-refractivity contribution is 5.94. The molecule has 3 aromatic rings. The van der Waals surface area contributed by atoms with Gasteiger partial charge in [0.2, 0.25) is 0 Å². The highest BCUT2D eigenvalue weighted by Crippen LogP contribution is 2.40. The molecule has 37 heavy (non-hydrogen) atoms. The maximum absolute atomic E-state index is 13.3. The number of likely N-dealkylation sites (tertiary alicyclic amines) is 2. The summed E-state index contributed by atoms with van der Waals surface area (Å²) in [6.45, 7) is 5.89. The minimum absolute atomic E-state index is 0.0149. The molecule has 0 saturated carbocycles. The number of aromatic nitrogens is 5. The molecule has 2 saturated heterocycles. The van der Waals surface area contributed by atoms with Crippen LogP contribution in [-0.2, 0) is 11.3 Å². The van der Waals surface area contributed by atoms with Gasteiger partial charge in [0.1, 0.15) is 12.9 Å². The summed E-state index contributed by atoms with van der Waals surface area (Å²) in [7, 11) is 0. The quantitative estimate of drug-likeness (QED) is 0.518. The van der Waals surface area contributed by atoms with E-state index in [4.69, 9.17) is 4.74 Å². The maximum Gasteiger partial charge on any atom is 0.338 e. The molecule has 3 aliphatic heterocycles. The summed E-state index contributed by atoms with van der Waals surface area (Å²) in [6.07, 6.45) is 5.40. The first-order valence-electron chi connectivity index (χ1n) is 12.6. The van der Waals surface area contributed by atoms with Crippen molar-refractivity contribution in [3.63, 3.8) is 0 Å². The van der Waals surface area contributed by atoms with Gasteiger partial charge in [-0.3, -0.25) is 9.69 Å². The Bertz CT molecular complexity index is 1330. The molecule has 1 amide bonds. The fourth-order valence-electron chi connectivity index (χ4n) is 6.07. The monoisotopic (exact) mass is 503 g/mol. The first kappa shape index (κ1) is 23.7. The number of cyclic esters (lactones) is 1. The smallest absolute Gasteiger partial charge is 0.338 e. The number of nitrogens with zero attached hydrogens (tertiary/aromatic N) is 7. The van der Waals surface area contributed by atoms with Gasteiger partial charge in [-0.2, -0.15) is 4.68 Å². The summed E-state index contributed by atoms with van der Waals surface area (Å²) < 4.78 is 6.60. The third-order valence-electron chi connectivity index (χ3n) is 8.04.